The fraction of sp³-hybridized carbons (Fsp3) is 0.800. The van der Waals surface area contributed by atoms with Crippen LogP contribution in [0.25, 0.3) is 0 Å². The molecule has 0 radical (unpaired) electrons. The molecular formula is C10H18O. The van der Waals surface area contributed by atoms with Crippen LogP contribution in [0.3, 0.4) is 0 Å². The molecule has 1 heteroatoms. The minimum absolute atomic E-state index is 0.623. The summed E-state index contributed by atoms with van der Waals surface area (Å²) in [6.45, 7) is 2.22. The average Bonchev–Trinajstić information content (AvgIpc) is 2.01. The highest BCUT2D eigenvalue weighted by Gasteiger charge is 2.13. The van der Waals surface area contributed by atoms with Crippen molar-refractivity contribution < 1.29 is 5.11 Å². The van der Waals surface area contributed by atoms with Crippen molar-refractivity contribution in [2.45, 2.75) is 45.4 Å². The van der Waals surface area contributed by atoms with Crippen LogP contribution >= 0.6 is 0 Å². The molecule has 0 spiro atoms. The Bertz CT molecular complexity index is 138. The highest BCUT2D eigenvalue weighted by atomic mass is 16.3. The molecule has 1 rings (SSSR count). The summed E-state index contributed by atoms with van der Waals surface area (Å²) < 4.78 is 0. The van der Waals surface area contributed by atoms with Crippen LogP contribution in [0.1, 0.15) is 45.4 Å². The van der Waals surface area contributed by atoms with Crippen LogP contribution in [-0.4, -0.2) is 5.11 Å². The van der Waals surface area contributed by atoms with Gasteiger partial charge in [0.15, 0.2) is 0 Å². The molecule has 0 fully saturated rings. The Morgan fingerprint density at radius 1 is 1.64 bits per heavy atom. The van der Waals surface area contributed by atoms with Gasteiger partial charge < -0.3 is 5.11 Å². The largest absolute Gasteiger partial charge is 0.513 e. The van der Waals surface area contributed by atoms with Crippen LogP contribution in [0.2, 0.25) is 0 Å². The number of hydrogen-bond acceptors (Lipinski definition) is 1. The molecule has 0 saturated carbocycles. The van der Waals surface area contributed by atoms with E-state index in [1.54, 1.807) is 0 Å². The normalized spacial score (nSPS) is 24.8. The predicted octanol–water partition coefficient (Wildman–Crippen LogP) is 3.42. The van der Waals surface area contributed by atoms with Gasteiger partial charge in [0.05, 0.1) is 5.76 Å². The molecule has 0 amide bonds. The highest BCUT2D eigenvalue weighted by molar-refractivity contribution is 4.97. The molecule has 1 aliphatic carbocycles. The molecule has 0 aromatic rings. The van der Waals surface area contributed by atoms with Crippen LogP contribution in [0.15, 0.2) is 11.8 Å². The van der Waals surface area contributed by atoms with Crippen LogP contribution < -0.4 is 0 Å². The molecule has 1 aliphatic rings. The van der Waals surface area contributed by atoms with Gasteiger partial charge in [-0.3, -0.25) is 0 Å². The second-order valence-electron chi connectivity index (χ2n) is 3.49. The van der Waals surface area contributed by atoms with E-state index in [1.165, 1.54) is 25.7 Å². The SMILES string of the molecule is CCCCC1CCC=C(O)C1. The zero-order valence-corrected chi connectivity index (χ0v) is 7.34. The van der Waals surface area contributed by atoms with Gasteiger partial charge in [0.2, 0.25) is 0 Å². The number of unbranched alkanes of at least 4 members (excludes halogenated alkanes) is 1. The Hall–Kier alpha value is -0.460. The molecule has 0 aliphatic heterocycles. The third kappa shape index (κ3) is 2.96. The van der Waals surface area contributed by atoms with Gasteiger partial charge in [0, 0.05) is 6.42 Å². The summed E-state index contributed by atoms with van der Waals surface area (Å²) >= 11 is 0. The van der Waals surface area contributed by atoms with E-state index in [1.807, 2.05) is 6.08 Å². The van der Waals surface area contributed by atoms with Gasteiger partial charge in [-0.25, -0.2) is 0 Å². The molecule has 0 heterocycles. The smallest absolute Gasteiger partial charge is 0.0885 e. The zero-order chi connectivity index (χ0) is 8.10. The summed E-state index contributed by atoms with van der Waals surface area (Å²) in [6, 6.07) is 0. The maximum Gasteiger partial charge on any atom is 0.0885 e. The molecule has 0 saturated heterocycles. The second-order valence-corrected chi connectivity index (χ2v) is 3.49. The monoisotopic (exact) mass is 154 g/mol. The number of allylic oxidation sites excluding steroid dienone is 2. The Balaban J connectivity index is 2.21. The molecular weight excluding hydrogens is 136 g/mol. The van der Waals surface area contributed by atoms with Crippen LogP contribution in [0.5, 0.6) is 0 Å². The van der Waals surface area contributed by atoms with Crippen molar-refractivity contribution in [3.05, 3.63) is 11.8 Å². The van der Waals surface area contributed by atoms with Gasteiger partial charge in [-0.05, 0) is 24.8 Å². The molecule has 1 atom stereocenters. The quantitative estimate of drug-likeness (QED) is 0.660. The van der Waals surface area contributed by atoms with Crippen molar-refractivity contribution >= 4 is 0 Å². The highest BCUT2D eigenvalue weighted by Crippen LogP contribution is 2.26. The van der Waals surface area contributed by atoms with Crippen molar-refractivity contribution in [1.29, 1.82) is 0 Å². The van der Waals surface area contributed by atoms with E-state index in [4.69, 9.17) is 0 Å². The fourth-order valence-electron chi connectivity index (χ4n) is 1.71. The third-order valence-corrected chi connectivity index (χ3v) is 2.42. The Kier molecular flexibility index (Phi) is 3.47. The van der Waals surface area contributed by atoms with E-state index < -0.39 is 0 Å². The minimum atomic E-state index is 0.623. The molecule has 1 unspecified atom stereocenters. The van der Waals surface area contributed by atoms with Crippen molar-refractivity contribution in [1.82, 2.24) is 0 Å². The first-order valence-corrected chi connectivity index (χ1v) is 4.71. The van der Waals surface area contributed by atoms with Crippen molar-refractivity contribution in [3.63, 3.8) is 0 Å². The second kappa shape index (κ2) is 4.42. The molecule has 11 heavy (non-hydrogen) atoms. The minimum Gasteiger partial charge on any atom is -0.513 e. The zero-order valence-electron chi connectivity index (χ0n) is 7.34. The maximum atomic E-state index is 9.24. The number of aliphatic hydroxyl groups excluding tert-OH is 1. The summed E-state index contributed by atoms with van der Waals surface area (Å²) in [5.74, 6) is 1.39. The lowest BCUT2D eigenvalue weighted by Crippen LogP contribution is -2.06. The maximum absolute atomic E-state index is 9.24. The van der Waals surface area contributed by atoms with Crippen LogP contribution in [0, 0.1) is 5.92 Å². The van der Waals surface area contributed by atoms with Crippen molar-refractivity contribution in [2.75, 3.05) is 0 Å². The first-order chi connectivity index (χ1) is 5.33. The summed E-state index contributed by atoms with van der Waals surface area (Å²) in [7, 11) is 0. The lowest BCUT2D eigenvalue weighted by Gasteiger charge is -2.19. The Labute approximate surface area is 69.1 Å². The van der Waals surface area contributed by atoms with Crippen LogP contribution in [0.4, 0.5) is 0 Å². The van der Waals surface area contributed by atoms with E-state index in [2.05, 4.69) is 6.92 Å². The first kappa shape index (κ1) is 8.63. The van der Waals surface area contributed by atoms with E-state index in [0.717, 1.165) is 18.8 Å². The molecule has 0 aromatic carbocycles. The van der Waals surface area contributed by atoms with Gasteiger partial charge in [-0.15, -0.1) is 0 Å². The summed E-state index contributed by atoms with van der Waals surface area (Å²) in [6.07, 6.45) is 9.15. The van der Waals surface area contributed by atoms with Crippen molar-refractivity contribution in [3.8, 4) is 0 Å². The average molecular weight is 154 g/mol. The van der Waals surface area contributed by atoms with Gasteiger partial charge >= 0.3 is 0 Å². The van der Waals surface area contributed by atoms with Gasteiger partial charge in [-0.1, -0.05) is 26.2 Å². The van der Waals surface area contributed by atoms with Gasteiger partial charge in [0.25, 0.3) is 0 Å². The van der Waals surface area contributed by atoms with E-state index >= 15 is 0 Å². The third-order valence-electron chi connectivity index (χ3n) is 2.42. The fourth-order valence-corrected chi connectivity index (χ4v) is 1.71. The molecule has 1 N–H and O–H groups in total. The molecule has 1 nitrogen and oxygen atoms in total. The van der Waals surface area contributed by atoms with E-state index in [9.17, 15) is 5.11 Å². The topological polar surface area (TPSA) is 20.2 Å². The molecule has 64 valence electrons. The summed E-state index contributed by atoms with van der Waals surface area (Å²) in [4.78, 5) is 0. The first-order valence-electron chi connectivity index (χ1n) is 4.71. The Morgan fingerprint density at radius 2 is 2.45 bits per heavy atom. The van der Waals surface area contributed by atoms with Crippen LogP contribution in [-0.2, 0) is 0 Å². The Morgan fingerprint density at radius 3 is 3.09 bits per heavy atom. The van der Waals surface area contributed by atoms with Crippen molar-refractivity contribution in [2.24, 2.45) is 5.92 Å². The lowest BCUT2D eigenvalue weighted by molar-refractivity contribution is 0.307. The van der Waals surface area contributed by atoms with E-state index in [-0.39, 0.29) is 0 Å². The molecule has 0 bridgehead atoms. The number of rotatable bonds is 3. The summed E-state index contributed by atoms with van der Waals surface area (Å²) in [5.41, 5.74) is 0. The van der Waals surface area contributed by atoms with Gasteiger partial charge in [0.1, 0.15) is 0 Å². The summed E-state index contributed by atoms with van der Waals surface area (Å²) in [5, 5.41) is 9.24. The standard InChI is InChI=1S/C10H18O/c1-2-3-5-9-6-4-7-10(11)8-9/h7,9,11H,2-6,8H2,1H3. The van der Waals surface area contributed by atoms with Gasteiger partial charge in [-0.2, -0.15) is 0 Å². The number of aliphatic hydroxyl groups is 1. The lowest BCUT2D eigenvalue weighted by atomic mass is 9.89. The predicted molar refractivity (Wildman–Crippen MR) is 47.6 cm³/mol. The molecule has 0 aromatic heterocycles. The van der Waals surface area contributed by atoms with E-state index in [0.29, 0.717) is 5.76 Å². The number of hydrogen-bond donors (Lipinski definition) is 1.